The number of piperidine rings is 1. The number of hydrogen-bond acceptors (Lipinski definition) is 4. The molecule has 102 valence electrons. The quantitative estimate of drug-likeness (QED) is 0.847. The highest BCUT2D eigenvalue weighted by Crippen LogP contribution is 2.31. The van der Waals surface area contributed by atoms with E-state index >= 15 is 0 Å². The van der Waals surface area contributed by atoms with Crippen LogP contribution in [0, 0.1) is 0 Å². The normalized spacial score (nSPS) is 22.0. The van der Waals surface area contributed by atoms with Crippen LogP contribution in [-0.4, -0.2) is 31.6 Å². The van der Waals surface area contributed by atoms with Crippen molar-refractivity contribution < 1.29 is 14.3 Å². The summed E-state index contributed by atoms with van der Waals surface area (Å²) < 4.78 is 11.0. The largest absolute Gasteiger partial charge is 0.486 e. The van der Waals surface area contributed by atoms with Gasteiger partial charge in [-0.2, -0.15) is 0 Å². The number of ketones is 1. The van der Waals surface area contributed by atoms with Crippen molar-refractivity contribution >= 4 is 5.78 Å². The minimum absolute atomic E-state index is 0.177. The Morgan fingerprint density at radius 2 is 2.05 bits per heavy atom. The molecule has 1 atom stereocenters. The average Bonchev–Trinajstić information content (AvgIpc) is 2.48. The van der Waals surface area contributed by atoms with Crippen LogP contribution in [0.1, 0.15) is 36.0 Å². The molecule has 0 bridgehead atoms. The lowest BCUT2D eigenvalue weighted by atomic mass is 9.97. The van der Waals surface area contributed by atoms with Crippen LogP contribution in [0.5, 0.6) is 11.5 Å². The Morgan fingerprint density at radius 3 is 2.84 bits per heavy atom. The van der Waals surface area contributed by atoms with Crippen molar-refractivity contribution in [1.29, 1.82) is 0 Å². The van der Waals surface area contributed by atoms with E-state index < -0.39 is 0 Å². The smallest absolute Gasteiger partial charge is 0.164 e. The Morgan fingerprint density at radius 1 is 1.21 bits per heavy atom. The monoisotopic (exact) mass is 261 g/mol. The zero-order valence-electron chi connectivity index (χ0n) is 11.0. The lowest BCUT2D eigenvalue weighted by Gasteiger charge is -2.23. The molecule has 4 nitrogen and oxygen atoms in total. The summed E-state index contributed by atoms with van der Waals surface area (Å²) in [5, 5.41) is 3.41. The summed E-state index contributed by atoms with van der Waals surface area (Å²) >= 11 is 0. The number of rotatable bonds is 3. The van der Waals surface area contributed by atoms with E-state index in [0.717, 1.165) is 24.3 Å². The molecule has 1 N–H and O–H groups in total. The first-order chi connectivity index (χ1) is 9.33. The zero-order chi connectivity index (χ0) is 13.1. The Bertz CT molecular complexity index is 466. The molecule has 1 aromatic carbocycles. The van der Waals surface area contributed by atoms with Crippen molar-refractivity contribution in [3.05, 3.63) is 23.8 Å². The lowest BCUT2D eigenvalue weighted by molar-refractivity contribution is 0.0962. The second-order valence-corrected chi connectivity index (χ2v) is 5.13. The molecule has 2 aliphatic rings. The minimum Gasteiger partial charge on any atom is -0.486 e. The van der Waals surface area contributed by atoms with Crippen molar-refractivity contribution in [1.82, 2.24) is 5.32 Å². The molecule has 4 heteroatoms. The summed E-state index contributed by atoms with van der Waals surface area (Å²) in [5.41, 5.74) is 0.719. The van der Waals surface area contributed by atoms with Gasteiger partial charge in [0.2, 0.25) is 0 Å². The second-order valence-electron chi connectivity index (χ2n) is 5.13. The maximum atomic E-state index is 12.3. The van der Waals surface area contributed by atoms with Gasteiger partial charge in [-0.15, -0.1) is 0 Å². The molecule has 19 heavy (non-hydrogen) atoms. The van der Waals surface area contributed by atoms with E-state index in [0.29, 0.717) is 31.4 Å². The second kappa shape index (κ2) is 5.61. The van der Waals surface area contributed by atoms with Crippen molar-refractivity contribution in [2.75, 3.05) is 19.8 Å². The Balaban J connectivity index is 1.69. The van der Waals surface area contributed by atoms with Gasteiger partial charge in [0, 0.05) is 18.0 Å². The molecule has 2 heterocycles. The number of benzene rings is 1. The van der Waals surface area contributed by atoms with Crippen LogP contribution < -0.4 is 14.8 Å². The Hall–Kier alpha value is -1.55. The molecule has 0 radical (unpaired) electrons. The minimum atomic E-state index is 0.177. The third kappa shape index (κ3) is 2.89. The molecule has 2 aliphatic heterocycles. The van der Waals surface area contributed by atoms with Crippen molar-refractivity contribution in [3.63, 3.8) is 0 Å². The van der Waals surface area contributed by atoms with Crippen LogP contribution in [0.4, 0.5) is 0 Å². The number of nitrogens with one attached hydrogen (secondary N) is 1. The molecule has 0 aromatic heterocycles. The van der Waals surface area contributed by atoms with Crippen molar-refractivity contribution in [2.45, 2.75) is 31.7 Å². The standard InChI is InChI=1S/C15H19NO3/c17-13(10-12-3-1-2-6-16-12)11-4-5-14-15(9-11)19-8-7-18-14/h4-5,9,12,16H,1-3,6-8,10H2. The van der Waals surface area contributed by atoms with E-state index in [-0.39, 0.29) is 5.78 Å². The van der Waals surface area contributed by atoms with Crippen LogP contribution in [0.3, 0.4) is 0 Å². The highest BCUT2D eigenvalue weighted by Gasteiger charge is 2.19. The predicted molar refractivity (Wildman–Crippen MR) is 72.0 cm³/mol. The lowest BCUT2D eigenvalue weighted by Crippen LogP contribution is -2.35. The van der Waals surface area contributed by atoms with Gasteiger partial charge < -0.3 is 14.8 Å². The first kappa shape index (κ1) is 12.5. The number of Topliss-reactive ketones (excluding diaryl/α,β-unsaturated/α-hetero) is 1. The molecule has 1 aromatic rings. The van der Waals surface area contributed by atoms with E-state index in [1.165, 1.54) is 12.8 Å². The third-order valence-electron chi connectivity index (χ3n) is 3.71. The zero-order valence-corrected chi connectivity index (χ0v) is 11.0. The SMILES string of the molecule is O=C(CC1CCCCN1)c1ccc2c(c1)OCCO2. The van der Waals surface area contributed by atoms with Gasteiger partial charge in [-0.1, -0.05) is 6.42 Å². The van der Waals surface area contributed by atoms with Crippen molar-refractivity contribution in [2.24, 2.45) is 0 Å². The summed E-state index contributed by atoms with van der Waals surface area (Å²) in [5.74, 6) is 1.60. The van der Waals surface area contributed by atoms with Crippen LogP contribution in [0.25, 0.3) is 0 Å². The Labute approximate surface area is 113 Å². The molecule has 0 saturated carbocycles. The fourth-order valence-corrected chi connectivity index (χ4v) is 2.66. The van der Waals surface area contributed by atoms with Crippen LogP contribution in [0.2, 0.25) is 0 Å². The first-order valence-electron chi connectivity index (χ1n) is 6.99. The van der Waals surface area contributed by atoms with Gasteiger partial charge in [0.05, 0.1) is 0 Å². The highest BCUT2D eigenvalue weighted by molar-refractivity contribution is 5.97. The fourth-order valence-electron chi connectivity index (χ4n) is 2.66. The molecule has 1 fully saturated rings. The molecule has 3 rings (SSSR count). The molecule has 0 aliphatic carbocycles. The van der Waals surface area contributed by atoms with E-state index in [1.54, 1.807) is 6.07 Å². The van der Waals surface area contributed by atoms with E-state index in [9.17, 15) is 4.79 Å². The molecule has 0 spiro atoms. The van der Waals surface area contributed by atoms with Crippen LogP contribution in [-0.2, 0) is 0 Å². The molecule has 1 unspecified atom stereocenters. The molecule has 1 saturated heterocycles. The van der Waals surface area contributed by atoms with Crippen molar-refractivity contribution in [3.8, 4) is 11.5 Å². The maximum absolute atomic E-state index is 12.3. The van der Waals surface area contributed by atoms with E-state index in [2.05, 4.69) is 5.32 Å². The number of carbonyl (C=O) groups excluding carboxylic acids is 1. The summed E-state index contributed by atoms with van der Waals surface area (Å²) in [6.07, 6.45) is 4.09. The number of ether oxygens (including phenoxy) is 2. The molecule has 0 amide bonds. The van der Waals surface area contributed by atoms with Crippen LogP contribution >= 0.6 is 0 Å². The first-order valence-corrected chi connectivity index (χ1v) is 6.99. The summed E-state index contributed by atoms with van der Waals surface area (Å²) in [6.45, 7) is 2.15. The topological polar surface area (TPSA) is 47.6 Å². The highest BCUT2D eigenvalue weighted by atomic mass is 16.6. The number of hydrogen-bond donors (Lipinski definition) is 1. The van der Waals surface area contributed by atoms with Gasteiger partial charge in [0.1, 0.15) is 13.2 Å². The summed E-state index contributed by atoms with van der Waals surface area (Å²) in [7, 11) is 0. The van der Waals surface area contributed by atoms with Gasteiger partial charge >= 0.3 is 0 Å². The predicted octanol–water partition coefficient (Wildman–Crippen LogP) is 2.17. The summed E-state index contributed by atoms with van der Waals surface area (Å²) in [6, 6.07) is 5.79. The fraction of sp³-hybridized carbons (Fsp3) is 0.533. The Kier molecular flexibility index (Phi) is 3.69. The molecular weight excluding hydrogens is 242 g/mol. The van der Waals surface area contributed by atoms with Gasteiger partial charge in [-0.3, -0.25) is 4.79 Å². The third-order valence-corrected chi connectivity index (χ3v) is 3.71. The van der Waals surface area contributed by atoms with Gasteiger partial charge in [0.25, 0.3) is 0 Å². The van der Waals surface area contributed by atoms with E-state index in [4.69, 9.17) is 9.47 Å². The summed E-state index contributed by atoms with van der Waals surface area (Å²) in [4.78, 5) is 12.3. The van der Waals surface area contributed by atoms with Crippen LogP contribution in [0.15, 0.2) is 18.2 Å². The maximum Gasteiger partial charge on any atom is 0.164 e. The van der Waals surface area contributed by atoms with E-state index in [1.807, 2.05) is 12.1 Å². The number of carbonyl (C=O) groups is 1. The molecular formula is C15H19NO3. The average molecular weight is 261 g/mol. The van der Waals surface area contributed by atoms with Gasteiger partial charge in [-0.25, -0.2) is 0 Å². The van der Waals surface area contributed by atoms with Gasteiger partial charge in [-0.05, 0) is 37.6 Å². The number of fused-ring (bicyclic) bond motifs is 1. The van der Waals surface area contributed by atoms with Gasteiger partial charge in [0.15, 0.2) is 17.3 Å².